The smallest absolute Gasteiger partial charge is 0.0628 e. The maximum Gasteiger partial charge on any atom is 0.0628 e. The van der Waals surface area contributed by atoms with Gasteiger partial charge in [0.1, 0.15) is 0 Å². The molecule has 0 radical (unpaired) electrons. The van der Waals surface area contributed by atoms with Crippen LogP contribution >= 0.6 is 0 Å². The highest BCUT2D eigenvalue weighted by Gasteiger charge is 1.88. The van der Waals surface area contributed by atoms with Gasteiger partial charge in [0.15, 0.2) is 0 Å². The summed E-state index contributed by atoms with van der Waals surface area (Å²) in [6.07, 6.45) is 0.966. The fourth-order valence-electron chi connectivity index (χ4n) is 0.615. The average molecular weight is 152 g/mol. The Morgan fingerprint density at radius 1 is 1.18 bits per heavy atom. The fourth-order valence-corrected chi connectivity index (χ4v) is 0.615. The molecule has 0 atom stereocenters. The summed E-state index contributed by atoms with van der Waals surface area (Å²) in [6.45, 7) is 8.01. The van der Waals surface area contributed by atoms with Gasteiger partial charge >= 0.3 is 0 Å². The van der Waals surface area contributed by atoms with E-state index in [1.165, 1.54) is 0 Å². The molecule has 0 saturated carbocycles. The van der Waals surface area contributed by atoms with E-state index in [1.807, 2.05) is 32.9 Å². The van der Waals surface area contributed by atoms with Crippen LogP contribution in [0.2, 0.25) is 0 Å². The molecule has 2 heteroatoms. The lowest BCUT2D eigenvalue weighted by molar-refractivity contribution is 0.893. The van der Waals surface area contributed by atoms with Crippen molar-refractivity contribution >= 4 is 0 Å². The SMILES string of the molecule is CC.CCc1ccc(C)nn1. The Morgan fingerprint density at radius 2 is 1.82 bits per heavy atom. The summed E-state index contributed by atoms with van der Waals surface area (Å²) in [5.41, 5.74) is 2.04. The molecule has 0 bridgehead atoms. The molecular formula is C9H16N2. The van der Waals surface area contributed by atoms with Crippen molar-refractivity contribution in [2.45, 2.75) is 34.1 Å². The van der Waals surface area contributed by atoms with Crippen LogP contribution in [0.15, 0.2) is 12.1 Å². The predicted molar refractivity (Wildman–Crippen MR) is 47.5 cm³/mol. The molecule has 0 fully saturated rings. The van der Waals surface area contributed by atoms with Crippen LogP contribution in [-0.4, -0.2) is 10.2 Å². The largest absolute Gasteiger partial charge is 0.156 e. The van der Waals surface area contributed by atoms with Gasteiger partial charge in [-0.3, -0.25) is 0 Å². The minimum absolute atomic E-state index is 0.966. The highest BCUT2D eigenvalue weighted by atomic mass is 15.1. The average Bonchev–Trinajstić information content (AvgIpc) is 2.10. The van der Waals surface area contributed by atoms with Crippen LogP contribution in [-0.2, 0) is 6.42 Å². The van der Waals surface area contributed by atoms with Crippen molar-refractivity contribution < 1.29 is 0 Å². The summed E-state index contributed by atoms with van der Waals surface area (Å²) < 4.78 is 0. The normalized spacial score (nSPS) is 8.36. The first kappa shape index (κ1) is 10.1. The van der Waals surface area contributed by atoms with Crippen molar-refractivity contribution in [3.8, 4) is 0 Å². The maximum atomic E-state index is 3.95. The summed E-state index contributed by atoms with van der Waals surface area (Å²) in [6, 6.07) is 3.98. The van der Waals surface area contributed by atoms with E-state index < -0.39 is 0 Å². The van der Waals surface area contributed by atoms with Gasteiger partial charge in [-0.15, -0.1) is 0 Å². The fraction of sp³-hybridized carbons (Fsp3) is 0.556. The van der Waals surface area contributed by atoms with Gasteiger partial charge in [-0.25, -0.2) is 0 Å². The minimum Gasteiger partial charge on any atom is -0.156 e. The molecule has 0 aliphatic carbocycles. The van der Waals surface area contributed by atoms with Crippen molar-refractivity contribution in [1.29, 1.82) is 0 Å². The molecule has 0 spiro atoms. The molecule has 1 aromatic heterocycles. The highest BCUT2D eigenvalue weighted by Crippen LogP contribution is 1.94. The van der Waals surface area contributed by atoms with Gasteiger partial charge in [-0.05, 0) is 25.5 Å². The van der Waals surface area contributed by atoms with Gasteiger partial charge in [-0.1, -0.05) is 20.8 Å². The Labute approximate surface area is 68.7 Å². The van der Waals surface area contributed by atoms with Crippen LogP contribution in [0.4, 0.5) is 0 Å². The van der Waals surface area contributed by atoms with Crippen molar-refractivity contribution in [2.75, 3.05) is 0 Å². The summed E-state index contributed by atoms with van der Waals surface area (Å²) >= 11 is 0. The zero-order valence-electron chi connectivity index (χ0n) is 7.76. The Morgan fingerprint density at radius 3 is 2.18 bits per heavy atom. The van der Waals surface area contributed by atoms with Crippen LogP contribution in [0.25, 0.3) is 0 Å². The van der Waals surface area contributed by atoms with Gasteiger partial charge in [0, 0.05) is 0 Å². The summed E-state index contributed by atoms with van der Waals surface area (Å²) in [5, 5.41) is 7.85. The highest BCUT2D eigenvalue weighted by molar-refractivity contribution is 5.04. The molecule has 11 heavy (non-hydrogen) atoms. The van der Waals surface area contributed by atoms with E-state index >= 15 is 0 Å². The minimum atomic E-state index is 0.966. The standard InChI is InChI=1S/C7H10N2.C2H6/c1-3-7-5-4-6(2)8-9-7;1-2/h4-5H,3H2,1-2H3;1-2H3. The van der Waals surface area contributed by atoms with Gasteiger partial charge in [0.25, 0.3) is 0 Å². The molecule has 0 aliphatic heterocycles. The molecule has 0 saturated heterocycles. The second kappa shape index (κ2) is 5.83. The zero-order valence-corrected chi connectivity index (χ0v) is 7.76. The van der Waals surface area contributed by atoms with E-state index in [0.717, 1.165) is 17.8 Å². The van der Waals surface area contributed by atoms with Crippen LogP contribution < -0.4 is 0 Å². The lowest BCUT2D eigenvalue weighted by Gasteiger charge is -1.91. The Balaban J connectivity index is 0.000000461. The topological polar surface area (TPSA) is 25.8 Å². The molecule has 1 heterocycles. The van der Waals surface area contributed by atoms with Crippen molar-refractivity contribution in [2.24, 2.45) is 0 Å². The third kappa shape index (κ3) is 3.71. The third-order valence-corrected chi connectivity index (χ3v) is 1.22. The first-order valence-electron chi connectivity index (χ1n) is 4.12. The van der Waals surface area contributed by atoms with Crippen molar-refractivity contribution in [1.82, 2.24) is 10.2 Å². The second-order valence-electron chi connectivity index (χ2n) is 2.02. The lowest BCUT2D eigenvalue weighted by Crippen LogP contribution is -1.90. The Hall–Kier alpha value is -0.920. The molecule has 2 nitrogen and oxygen atoms in total. The number of hydrogen-bond acceptors (Lipinski definition) is 2. The van der Waals surface area contributed by atoms with Crippen LogP contribution in [0, 0.1) is 6.92 Å². The molecular weight excluding hydrogens is 136 g/mol. The summed E-state index contributed by atoms with van der Waals surface area (Å²) in [5.74, 6) is 0. The zero-order chi connectivity index (χ0) is 8.69. The van der Waals surface area contributed by atoms with Gasteiger partial charge < -0.3 is 0 Å². The van der Waals surface area contributed by atoms with Crippen LogP contribution in [0.5, 0.6) is 0 Å². The quantitative estimate of drug-likeness (QED) is 0.617. The van der Waals surface area contributed by atoms with E-state index in [0.29, 0.717) is 0 Å². The van der Waals surface area contributed by atoms with E-state index in [-0.39, 0.29) is 0 Å². The van der Waals surface area contributed by atoms with Crippen molar-refractivity contribution in [3.63, 3.8) is 0 Å². The molecule has 1 rings (SSSR count). The number of nitrogens with zero attached hydrogens (tertiary/aromatic N) is 2. The Bertz CT molecular complexity index is 179. The van der Waals surface area contributed by atoms with Crippen LogP contribution in [0.3, 0.4) is 0 Å². The first-order chi connectivity index (χ1) is 5.33. The van der Waals surface area contributed by atoms with E-state index in [2.05, 4.69) is 17.1 Å². The van der Waals surface area contributed by atoms with E-state index in [4.69, 9.17) is 0 Å². The molecule has 0 aromatic carbocycles. The maximum absolute atomic E-state index is 3.95. The monoisotopic (exact) mass is 152 g/mol. The molecule has 1 aromatic rings. The van der Waals surface area contributed by atoms with E-state index in [9.17, 15) is 0 Å². The second-order valence-corrected chi connectivity index (χ2v) is 2.02. The van der Waals surface area contributed by atoms with E-state index in [1.54, 1.807) is 0 Å². The van der Waals surface area contributed by atoms with Gasteiger partial charge in [-0.2, -0.15) is 10.2 Å². The molecule has 0 N–H and O–H groups in total. The number of rotatable bonds is 1. The number of aromatic nitrogens is 2. The third-order valence-electron chi connectivity index (χ3n) is 1.22. The summed E-state index contributed by atoms with van der Waals surface area (Å²) in [7, 11) is 0. The Kier molecular flexibility index (Phi) is 5.35. The predicted octanol–water partition coefficient (Wildman–Crippen LogP) is 2.37. The summed E-state index contributed by atoms with van der Waals surface area (Å²) in [4.78, 5) is 0. The van der Waals surface area contributed by atoms with Crippen molar-refractivity contribution in [3.05, 3.63) is 23.5 Å². The molecule has 62 valence electrons. The molecule has 0 amide bonds. The first-order valence-corrected chi connectivity index (χ1v) is 4.12. The van der Waals surface area contributed by atoms with Gasteiger partial charge in [0.05, 0.1) is 11.4 Å². The molecule has 0 unspecified atom stereocenters. The number of hydrogen-bond donors (Lipinski definition) is 0. The van der Waals surface area contributed by atoms with Gasteiger partial charge in [0.2, 0.25) is 0 Å². The number of aryl methyl sites for hydroxylation is 2. The lowest BCUT2D eigenvalue weighted by atomic mass is 10.3. The van der Waals surface area contributed by atoms with Crippen LogP contribution in [0.1, 0.15) is 32.2 Å². The molecule has 0 aliphatic rings.